The van der Waals surface area contributed by atoms with E-state index in [-0.39, 0.29) is 11.2 Å². The minimum absolute atomic E-state index is 0.0282. The van der Waals surface area contributed by atoms with Gasteiger partial charge in [0.15, 0.2) is 0 Å². The molecule has 6 nitrogen and oxygen atoms in total. The van der Waals surface area contributed by atoms with E-state index in [0.717, 1.165) is 40.4 Å². The molecule has 0 unspecified atom stereocenters. The van der Waals surface area contributed by atoms with Gasteiger partial charge in [-0.25, -0.2) is 4.98 Å². The molecule has 4 rings (SSSR count). The predicted molar refractivity (Wildman–Crippen MR) is 117 cm³/mol. The lowest BCUT2D eigenvalue weighted by atomic mass is 9.92. The predicted octanol–water partition coefficient (Wildman–Crippen LogP) is 5.16. The molecule has 1 aromatic carbocycles. The van der Waals surface area contributed by atoms with Crippen LogP contribution in [0.2, 0.25) is 5.02 Å². The summed E-state index contributed by atoms with van der Waals surface area (Å²) in [4.78, 5) is 12.5. The number of furan rings is 1. The first-order valence-corrected chi connectivity index (χ1v) is 10.0. The highest BCUT2D eigenvalue weighted by Gasteiger charge is 2.27. The van der Waals surface area contributed by atoms with Crippen LogP contribution in [-0.4, -0.2) is 26.6 Å². The van der Waals surface area contributed by atoms with Crippen LogP contribution in [0.15, 0.2) is 65.7 Å². The Morgan fingerprint density at radius 1 is 1.13 bits per heavy atom. The van der Waals surface area contributed by atoms with Crippen molar-refractivity contribution in [2.75, 3.05) is 6.54 Å². The Labute approximate surface area is 180 Å². The summed E-state index contributed by atoms with van der Waals surface area (Å²) >= 11 is 6.00. The summed E-state index contributed by atoms with van der Waals surface area (Å²) in [6, 6.07) is 11.0. The quantitative estimate of drug-likeness (QED) is 0.383. The van der Waals surface area contributed by atoms with Gasteiger partial charge in [-0.05, 0) is 30.3 Å². The second kappa shape index (κ2) is 8.34. The number of H-pyrrole nitrogens is 1. The van der Waals surface area contributed by atoms with E-state index in [1.807, 2.05) is 24.3 Å². The summed E-state index contributed by atoms with van der Waals surface area (Å²) in [6.07, 6.45) is 6.90. The van der Waals surface area contributed by atoms with Gasteiger partial charge in [0.1, 0.15) is 11.6 Å². The molecule has 0 fully saturated rings. The molecular formula is C23H23ClN4O2. The van der Waals surface area contributed by atoms with Crippen LogP contribution in [0, 0.1) is 0 Å². The monoisotopic (exact) mass is 422 g/mol. The number of imidazole rings is 1. The van der Waals surface area contributed by atoms with Gasteiger partial charge in [-0.15, -0.1) is 0 Å². The molecule has 154 valence electrons. The van der Waals surface area contributed by atoms with E-state index in [1.54, 1.807) is 37.1 Å². The van der Waals surface area contributed by atoms with Gasteiger partial charge < -0.3 is 19.8 Å². The second-order valence-electron chi connectivity index (χ2n) is 7.83. The van der Waals surface area contributed by atoms with Crippen molar-refractivity contribution >= 4 is 11.6 Å². The maximum atomic E-state index is 10.1. The molecule has 3 aromatic heterocycles. The largest absolute Gasteiger partial charge is 0.506 e. The van der Waals surface area contributed by atoms with Crippen LogP contribution in [0.3, 0.4) is 0 Å². The van der Waals surface area contributed by atoms with Gasteiger partial charge >= 0.3 is 0 Å². The highest BCUT2D eigenvalue weighted by molar-refractivity contribution is 6.32. The minimum atomic E-state index is -0.266. The van der Waals surface area contributed by atoms with Crippen LogP contribution < -0.4 is 5.32 Å². The molecule has 0 spiro atoms. The first-order valence-electron chi connectivity index (χ1n) is 9.65. The molecule has 3 N–H and O–H groups in total. The fourth-order valence-corrected chi connectivity index (χ4v) is 3.40. The zero-order valence-electron chi connectivity index (χ0n) is 16.8. The van der Waals surface area contributed by atoms with E-state index < -0.39 is 0 Å². The Bertz CT molecular complexity index is 1120. The topological polar surface area (TPSA) is 87.0 Å². The Balaban J connectivity index is 1.68. The van der Waals surface area contributed by atoms with E-state index >= 15 is 0 Å². The fraction of sp³-hybridized carbons (Fsp3) is 0.217. The van der Waals surface area contributed by atoms with Gasteiger partial charge in [0.05, 0.1) is 28.9 Å². The third-order valence-electron chi connectivity index (χ3n) is 5.01. The Hall–Kier alpha value is -3.09. The van der Waals surface area contributed by atoms with Crippen LogP contribution in [0.5, 0.6) is 5.75 Å². The fourth-order valence-electron chi connectivity index (χ4n) is 3.29. The van der Waals surface area contributed by atoms with Crippen molar-refractivity contribution in [1.82, 2.24) is 20.3 Å². The number of aromatic amines is 1. The number of aromatic hydroxyl groups is 1. The number of nitrogens with one attached hydrogen (secondary N) is 2. The number of rotatable bonds is 7. The molecule has 4 aromatic rings. The van der Waals surface area contributed by atoms with Gasteiger partial charge in [-0.1, -0.05) is 31.5 Å². The third-order valence-corrected chi connectivity index (χ3v) is 5.33. The van der Waals surface area contributed by atoms with Crippen LogP contribution in [0.25, 0.3) is 22.5 Å². The van der Waals surface area contributed by atoms with Crippen molar-refractivity contribution < 1.29 is 9.52 Å². The lowest BCUT2D eigenvalue weighted by molar-refractivity contribution is 0.446. The highest BCUT2D eigenvalue weighted by atomic mass is 35.5. The Kier molecular flexibility index (Phi) is 5.61. The maximum absolute atomic E-state index is 10.1. The zero-order chi connectivity index (χ0) is 21.1. The van der Waals surface area contributed by atoms with Gasteiger partial charge in [0.25, 0.3) is 0 Å². The van der Waals surface area contributed by atoms with Crippen LogP contribution in [0.4, 0.5) is 0 Å². The molecule has 0 bridgehead atoms. The minimum Gasteiger partial charge on any atom is -0.506 e. The number of halogens is 1. The number of hydrogen-bond acceptors (Lipinski definition) is 5. The molecule has 3 heterocycles. The summed E-state index contributed by atoms with van der Waals surface area (Å²) in [5.74, 6) is 0.874. The van der Waals surface area contributed by atoms with E-state index in [0.29, 0.717) is 11.6 Å². The number of aromatic nitrogens is 3. The van der Waals surface area contributed by atoms with Crippen molar-refractivity contribution in [3.05, 3.63) is 77.7 Å². The highest BCUT2D eigenvalue weighted by Crippen LogP contribution is 2.36. The molecule has 7 heteroatoms. The average Bonchev–Trinajstić information content (AvgIpc) is 3.41. The third kappa shape index (κ3) is 4.25. The Morgan fingerprint density at radius 2 is 1.93 bits per heavy atom. The molecular weight excluding hydrogens is 400 g/mol. The number of pyridine rings is 1. The standard InChI is InChI=1S/C23H23ClN4O2/c1-23(2,14-26-12-15-7-10-30-13-15)22-27-20(16-5-8-25-9-6-16)21(28-22)17-3-4-18(24)19(29)11-17/h3-11,13,26,29H,12,14H2,1-2H3,(H,27,28). The van der Waals surface area contributed by atoms with Crippen molar-refractivity contribution in [2.24, 2.45) is 0 Å². The van der Waals surface area contributed by atoms with Crippen molar-refractivity contribution in [3.63, 3.8) is 0 Å². The molecule has 30 heavy (non-hydrogen) atoms. The van der Waals surface area contributed by atoms with E-state index in [2.05, 4.69) is 29.1 Å². The lowest BCUT2D eigenvalue weighted by Gasteiger charge is -2.22. The molecule has 0 aliphatic heterocycles. The van der Waals surface area contributed by atoms with Gasteiger partial charge in [0.2, 0.25) is 0 Å². The van der Waals surface area contributed by atoms with E-state index in [9.17, 15) is 5.11 Å². The number of hydrogen-bond donors (Lipinski definition) is 3. The molecule has 0 atom stereocenters. The summed E-state index contributed by atoms with van der Waals surface area (Å²) in [6.45, 7) is 5.70. The van der Waals surface area contributed by atoms with Crippen molar-refractivity contribution in [3.8, 4) is 28.3 Å². The summed E-state index contributed by atoms with van der Waals surface area (Å²) in [5, 5.41) is 13.9. The molecule has 0 saturated carbocycles. The number of benzene rings is 1. The molecule has 0 aliphatic rings. The average molecular weight is 423 g/mol. The van der Waals surface area contributed by atoms with Crippen LogP contribution >= 0.6 is 11.6 Å². The van der Waals surface area contributed by atoms with Crippen molar-refractivity contribution in [2.45, 2.75) is 25.8 Å². The summed E-state index contributed by atoms with van der Waals surface area (Å²) in [5.41, 5.74) is 4.21. The first-order chi connectivity index (χ1) is 14.4. The maximum Gasteiger partial charge on any atom is 0.134 e. The van der Waals surface area contributed by atoms with Gasteiger partial charge in [-0.2, -0.15) is 0 Å². The van der Waals surface area contributed by atoms with E-state index in [1.165, 1.54) is 0 Å². The molecule has 0 radical (unpaired) electrons. The second-order valence-corrected chi connectivity index (χ2v) is 8.24. The molecule has 0 aliphatic carbocycles. The smallest absolute Gasteiger partial charge is 0.134 e. The van der Waals surface area contributed by atoms with Gasteiger partial charge in [-0.3, -0.25) is 4.98 Å². The first kappa shape index (κ1) is 20.2. The van der Waals surface area contributed by atoms with Crippen molar-refractivity contribution in [1.29, 1.82) is 0 Å². The van der Waals surface area contributed by atoms with Crippen LogP contribution in [0.1, 0.15) is 25.2 Å². The van der Waals surface area contributed by atoms with Gasteiger partial charge in [0, 0.05) is 47.6 Å². The Morgan fingerprint density at radius 3 is 2.63 bits per heavy atom. The molecule has 0 saturated heterocycles. The van der Waals surface area contributed by atoms with Crippen LogP contribution in [-0.2, 0) is 12.0 Å². The summed E-state index contributed by atoms with van der Waals surface area (Å²) < 4.78 is 5.12. The van der Waals surface area contributed by atoms with E-state index in [4.69, 9.17) is 21.0 Å². The zero-order valence-corrected chi connectivity index (χ0v) is 17.6. The SMILES string of the molecule is CC(C)(CNCc1ccoc1)c1nc(-c2ccc(Cl)c(O)c2)c(-c2ccncc2)[nH]1. The normalized spacial score (nSPS) is 11.7. The molecule has 0 amide bonds. The lowest BCUT2D eigenvalue weighted by Crippen LogP contribution is -2.33. The number of nitrogens with zero attached hydrogens (tertiary/aromatic N) is 2. The summed E-state index contributed by atoms with van der Waals surface area (Å²) in [7, 11) is 0. The number of phenolic OH excluding ortho intramolecular Hbond substituents is 1. The number of phenols is 1.